The van der Waals surface area contributed by atoms with E-state index in [-0.39, 0.29) is 11.9 Å². The lowest BCUT2D eigenvalue weighted by Crippen LogP contribution is -3.14. The van der Waals surface area contributed by atoms with Crippen molar-refractivity contribution in [1.82, 2.24) is 0 Å². The van der Waals surface area contributed by atoms with E-state index in [2.05, 4.69) is 5.32 Å². The number of ether oxygens (including phenoxy) is 1. The van der Waals surface area contributed by atoms with Gasteiger partial charge in [-0.2, -0.15) is 0 Å². The van der Waals surface area contributed by atoms with Crippen molar-refractivity contribution in [1.29, 1.82) is 0 Å². The van der Waals surface area contributed by atoms with Gasteiger partial charge in [-0.15, -0.1) is 0 Å². The fraction of sp³-hybridized carbons (Fsp3) is 0.227. The fourth-order valence-electron chi connectivity index (χ4n) is 2.86. The number of hydrogen-bond donors (Lipinski definition) is 2. The van der Waals surface area contributed by atoms with E-state index >= 15 is 0 Å². The van der Waals surface area contributed by atoms with Gasteiger partial charge in [-0.1, -0.05) is 54.6 Å². The summed E-state index contributed by atoms with van der Waals surface area (Å²) < 4.78 is 5.73. The zero-order valence-corrected chi connectivity index (χ0v) is 15.2. The third-order valence-electron chi connectivity index (χ3n) is 4.69. The van der Waals surface area contributed by atoms with Crippen LogP contribution in [0.5, 0.6) is 5.75 Å². The Kier molecular flexibility index (Phi) is 5.87. The molecule has 0 radical (unpaired) electrons. The van der Waals surface area contributed by atoms with Crippen LogP contribution in [0.3, 0.4) is 0 Å². The smallest absolute Gasteiger partial charge is 0.282 e. The minimum absolute atomic E-state index is 0.0126. The average molecular weight is 349 g/mol. The standard InChI is InChI=1S/C22H24N2O2/c1-17(24(2)15-16-26-19-11-4-3-5-12-19)22(25)23-21-14-8-10-18-9-6-7-13-20(18)21/h3-14,17H,15-16H2,1-2H3,(H,23,25)/p+1/t17-/m0/s1. The lowest BCUT2D eigenvalue weighted by atomic mass is 10.1. The summed E-state index contributed by atoms with van der Waals surface area (Å²) in [4.78, 5) is 13.8. The fourth-order valence-corrected chi connectivity index (χ4v) is 2.86. The Morgan fingerprint density at radius 2 is 1.69 bits per heavy atom. The molecule has 1 amide bonds. The molecule has 3 aromatic rings. The third-order valence-corrected chi connectivity index (χ3v) is 4.69. The molecule has 0 aliphatic rings. The molecule has 2 atom stereocenters. The SMILES string of the molecule is C[C@@H](C(=O)Nc1cccc2ccccc12)[NH+](C)CCOc1ccccc1. The maximum absolute atomic E-state index is 12.7. The number of nitrogens with one attached hydrogen (secondary N) is 2. The van der Waals surface area contributed by atoms with Crippen molar-refractivity contribution >= 4 is 22.4 Å². The molecule has 4 heteroatoms. The maximum atomic E-state index is 12.7. The van der Waals surface area contributed by atoms with Gasteiger partial charge in [0.2, 0.25) is 0 Å². The number of rotatable bonds is 7. The van der Waals surface area contributed by atoms with Crippen molar-refractivity contribution in [3.63, 3.8) is 0 Å². The predicted molar refractivity (Wildman–Crippen MR) is 106 cm³/mol. The van der Waals surface area contributed by atoms with Crippen molar-refractivity contribution in [2.75, 3.05) is 25.5 Å². The molecule has 2 N–H and O–H groups in total. The molecule has 3 rings (SSSR count). The average Bonchev–Trinajstić information content (AvgIpc) is 2.68. The summed E-state index contributed by atoms with van der Waals surface area (Å²) in [5.74, 6) is 0.867. The van der Waals surface area contributed by atoms with Gasteiger partial charge in [0.05, 0.1) is 7.05 Å². The van der Waals surface area contributed by atoms with Gasteiger partial charge >= 0.3 is 0 Å². The van der Waals surface area contributed by atoms with Crippen LogP contribution in [0.1, 0.15) is 6.92 Å². The largest absolute Gasteiger partial charge is 0.488 e. The number of hydrogen-bond acceptors (Lipinski definition) is 2. The molecule has 0 aliphatic carbocycles. The summed E-state index contributed by atoms with van der Waals surface area (Å²) in [7, 11) is 2.02. The first kappa shape index (κ1) is 18.0. The van der Waals surface area contributed by atoms with Crippen molar-refractivity contribution < 1.29 is 14.4 Å². The highest BCUT2D eigenvalue weighted by Crippen LogP contribution is 2.22. The number of amides is 1. The Bertz CT molecular complexity index is 859. The first-order chi connectivity index (χ1) is 12.6. The van der Waals surface area contributed by atoms with E-state index in [1.165, 1.54) is 0 Å². The first-order valence-corrected chi connectivity index (χ1v) is 8.94. The second-order valence-electron chi connectivity index (χ2n) is 6.50. The number of carbonyl (C=O) groups is 1. The van der Waals surface area contributed by atoms with E-state index in [9.17, 15) is 4.79 Å². The van der Waals surface area contributed by atoms with Gasteiger partial charge in [-0.05, 0) is 30.5 Å². The third kappa shape index (κ3) is 4.41. The molecular weight excluding hydrogens is 324 g/mol. The molecule has 0 spiro atoms. The molecule has 0 fully saturated rings. The minimum atomic E-state index is -0.173. The van der Waals surface area contributed by atoms with Gasteiger partial charge in [-0.25, -0.2) is 0 Å². The number of carbonyl (C=O) groups excluding carboxylic acids is 1. The molecule has 134 valence electrons. The molecule has 0 heterocycles. The molecule has 0 saturated carbocycles. The normalized spacial score (nSPS) is 13.2. The number of anilines is 1. The van der Waals surface area contributed by atoms with Crippen LogP contribution in [0.2, 0.25) is 0 Å². The van der Waals surface area contributed by atoms with E-state index in [0.717, 1.165) is 33.7 Å². The number of para-hydroxylation sites is 1. The van der Waals surface area contributed by atoms with Crippen molar-refractivity contribution in [2.45, 2.75) is 13.0 Å². The molecule has 4 nitrogen and oxygen atoms in total. The molecule has 0 saturated heterocycles. The lowest BCUT2D eigenvalue weighted by Gasteiger charge is -2.21. The van der Waals surface area contributed by atoms with Crippen LogP contribution in [0.4, 0.5) is 5.69 Å². The van der Waals surface area contributed by atoms with Crippen LogP contribution in [-0.2, 0) is 4.79 Å². The molecule has 0 aromatic heterocycles. The maximum Gasteiger partial charge on any atom is 0.282 e. The Labute approximate surface area is 154 Å². The van der Waals surface area contributed by atoms with Crippen LogP contribution in [0.15, 0.2) is 72.8 Å². The van der Waals surface area contributed by atoms with Gasteiger partial charge in [0.1, 0.15) is 18.9 Å². The van der Waals surface area contributed by atoms with Gasteiger partial charge in [-0.3, -0.25) is 4.79 Å². The van der Waals surface area contributed by atoms with Crippen LogP contribution >= 0.6 is 0 Å². The van der Waals surface area contributed by atoms with E-state index in [4.69, 9.17) is 4.74 Å². The molecule has 0 bridgehead atoms. The van der Waals surface area contributed by atoms with Crippen molar-refractivity contribution in [3.8, 4) is 5.75 Å². The zero-order chi connectivity index (χ0) is 18.4. The van der Waals surface area contributed by atoms with Crippen LogP contribution in [0, 0.1) is 0 Å². The summed E-state index contributed by atoms with van der Waals surface area (Å²) in [6.45, 7) is 3.26. The van der Waals surface area contributed by atoms with Crippen LogP contribution in [0.25, 0.3) is 10.8 Å². The molecular formula is C22H25N2O2+. The van der Waals surface area contributed by atoms with Gasteiger partial charge in [0.25, 0.3) is 5.91 Å². The lowest BCUT2D eigenvalue weighted by molar-refractivity contribution is -0.894. The van der Waals surface area contributed by atoms with Gasteiger partial charge < -0.3 is 15.0 Å². The Hall–Kier alpha value is -2.85. The van der Waals surface area contributed by atoms with Gasteiger partial charge in [0, 0.05) is 11.1 Å². The second-order valence-corrected chi connectivity index (χ2v) is 6.50. The molecule has 26 heavy (non-hydrogen) atoms. The summed E-state index contributed by atoms with van der Waals surface area (Å²) in [6, 6.07) is 23.6. The molecule has 1 unspecified atom stereocenters. The number of likely N-dealkylation sites (N-methyl/N-ethyl adjacent to an activating group) is 1. The van der Waals surface area contributed by atoms with Crippen molar-refractivity contribution in [3.05, 3.63) is 72.8 Å². The highest BCUT2D eigenvalue weighted by Gasteiger charge is 2.22. The first-order valence-electron chi connectivity index (χ1n) is 8.94. The topological polar surface area (TPSA) is 42.8 Å². The van der Waals surface area contributed by atoms with E-state index in [0.29, 0.717) is 6.61 Å². The quantitative estimate of drug-likeness (QED) is 0.689. The second kappa shape index (κ2) is 8.50. The number of fused-ring (bicyclic) bond motifs is 1. The summed E-state index contributed by atoms with van der Waals surface area (Å²) in [6.07, 6.45) is 0. The Morgan fingerprint density at radius 1 is 1.00 bits per heavy atom. The van der Waals surface area contributed by atoms with Crippen molar-refractivity contribution in [2.24, 2.45) is 0 Å². The highest BCUT2D eigenvalue weighted by molar-refractivity contribution is 6.03. The molecule has 0 aliphatic heterocycles. The summed E-state index contributed by atoms with van der Waals surface area (Å²) in [5.41, 5.74) is 0.855. The zero-order valence-electron chi connectivity index (χ0n) is 15.2. The van der Waals surface area contributed by atoms with Crippen LogP contribution in [-0.4, -0.2) is 32.1 Å². The summed E-state index contributed by atoms with van der Waals surface area (Å²) >= 11 is 0. The van der Waals surface area contributed by atoms with E-state index < -0.39 is 0 Å². The van der Waals surface area contributed by atoms with E-state index in [1.54, 1.807) is 0 Å². The van der Waals surface area contributed by atoms with Gasteiger partial charge in [0.15, 0.2) is 6.04 Å². The Balaban J connectivity index is 1.56. The highest BCUT2D eigenvalue weighted by atomic mass is 16.5. The number of quaternary nitrogens is 1. The predicted octanol–water partition coefficient (Wildman–Crippen LogP) is 2.76. The summed E-state index contributed by atoms with van der Waals surface area (Å²) in [5, 5.41) is 5.25. The van der Waals surface area contributed by atoms with Crippen LogP contribution < -0.4 is 15.0 Å². The number of benzene rings is 3. The van der Waals surface area contributed by atoms with E-state index in [1.807, 2.05) is 86.8 Å². The molecule has 3 aromatic carbocycles. The minimum Gasteiger partial charge on any atom is -0.488 e. The monoisotopic (exact) mass is 349 g/mol. The Morgan fingerprint density at radius 3 is 2.50 bits per heavy atom.